The molecule has 0 aliphatic carbocycles. The number of anilines is 1. The van der Waals surface area contributed by atoms with E-state index in [-0.39, 0.29) is 11.9 Å². The molecule has 3 rings (SSSR count). The van der Waals surface area contributed by atoms with E-state index in [1.165, 1.54) is 0 Å². The quantitative estimate of drug-likeness (QED) is 0.706. The Bertz CT molecular complexity index is 866. The molecular formula is C19H18N2O3. The number of ether oxygens (including phenoxy) is 1. The highest BCUT2D eigenvalue weighted by molar-refractivity contribution is 5.94. The lowest BCUT2D eigenvalue weighted by Crippen LogP contribution is -2.14. The number of hydrogen-bond donors (Lipinski definition) is 2. The molecule has 0 saturated carbocycles. The maximum Gasteiger partial charge on any atom is 0.338 e. The summed E-state index contributed by atoms with van der Waals surface area (Å²) in [5.41, 5.74) is 3.11. The smallest absolute Gasteiger partial charge is 0.338 e. The number of esters is 1. The van der Waals surface area contributed by atoms with E-state index in [4.69, 9.17) is 4.74 Å². The fraction of sp³-hybridized carbons (Fsp3) is 0.158. The van der Waals surface area contributed by atoms with E-state index >= 15 is 0 Å². The molecule has 5 nitrogen and oxygen atoms in total. The van der Waals surface area contributed by atoms with Gasteiger partial charge in [0.25, 0.3) is 0 Å². The molecule has 2 N–H and O–H groups in total. The molecule has 0 atom stereocenters. The summed E-state index contributed by atoms with van der Waals surface area (Å²) in [4.78, 5) is 26.9. The maximum absolute atomic E-state index is 12.2. The summed E-state index contributed by atoms with van der Waals surface area (Å²) in [6.45, 7) is 2.10. The van der Waals surface area contributed by atoms with E-state index in [0.717, 1.165) is 16.5 Å². The number of nitrogens with one attached hydrogen (secondary N) is 2. The van der Waals surface area contributed by atoms with Gasteiger partial charge in [-0.25, -0.2) is 4.79 Å². The zero-order chi connectivity index (χ0) is 16.9. The predicted octanol–water partition coefficient (Wildman–Crippen LogP) is 3.53. The number of H-pyrrole nitrogens is 1. The number of hydrogen-bond acceptors (Lipinski definition) is 3. The molecule has 1 aromatic heterocycles. The van der Waals surface area contributed by atoms with Crippen molar-refractivity contribution in [3.63, 3.8) is 0 Å². The van der Waals surface area contributed by atoms with E-state index in [1.807, 2.05) is 30.5 Å². The standard InChI is InChI=1S/C19H18N2O3/c1-2-24-19(23)14-4-6-16(7-5-14)21-18(22)12-13-3-8-17-15(11-13)9-10-20-17/h3-11,20H,2,12H2,1H3,(H,21,22). The molecule has 24 heavy (non-hydrogen) atoms. The van der Waals surface area contributed by atoms with E-state index in [2.05, 4.69) is 10.3 Å². The first kappa shape index (κ1) is 15.8. The van der Waals surface area contributed by atoms with Crippen molar-refractivity contribution in [3.05, 3.63) is 65.9 Å². The monoisotopic (exact) mass is 322 g/mol. The van der Waals surface area contributed by atoms with Crippen molar-refractivity contribution in [2.75, 3.05) is 11.9 Å². The van der Waals surface area contributed by atoms with Crippen molar-refractivity contribution >= 4 is 28.5 Å². The van der Waals surface area contributed by atoms with Gasteiger partial charge >= 0.3 is 5.97 Å². The summed E-state index contributed by atoms with van der Waals surface area (Å²) in [6.07, 6.45) is 2.17. The van der Waals surface area contributed by atoms with Crippen LogP contribution in [0, 0.1) is 0 Å². The lowest BCUT2D eigenvalue weighted by atomic mass is 10.1. The Labute approximate surface area is 139 Å². The van der Waals surface area contributed by atoms with Gasteiger partial charge in [0, 0.05) is 17.4 Å². The molecule has 0 saturated heterocycles. The second kappa shape index (κ2) is 7.00. The van der Waals surface area contributed by atoms with Gasteiger partial charge in [-0.2, -0.15) is 0 Å². The Balaban J connectivity index is 1.62. The molecule has 0 unspecified atom stereocenters. The Morgan fingerprint density at radius 3 is 2.62 bits per heavy atom. The van der Waals surface area contributed by atoms with E-state index in [1.54, 1.807) is 31.2 Å². The average Bonchev–Trinajstić information content (AvgIpc) is 3.03. The van der Waals surface area contributed by atoms with Crippen LogP contribution in [0.15, 0.2) is 54.7 Å². The van der Waals surface area contributed by atoms with Crippen molar-refractivity contribution in [2.24, 2.45) is 0 Å². The van der Waals surface area contributed by atoms with Gasteiger partial charge in [0.2, 0.25) is 5.91 Å². The van der Waals surface area contributed by atoms with Gasteiger partial charge < -0.3 is 15.0 Å². The van der Waals surface area contributed by atoms with Gasteiger partial charge in [0.05, 0.1) is 18.6 Å². The summed E-state index contributed by atoms with van der Waals surface area (Å²) in [5.74, 6) is -0.469. The minimum Gasteiger partial charge on any atom is -0.462 e. The fourth-order valence-corrected chi connectivity index (χ4v) is 2.51. The third kappa shape index (κ3) is 3.63. The summed E-state index contributed by atoms with van der Waals surface area (Å²) in [7, 11) is 0. The highest BCUT2D eigenvalue weighted by Gasteiger charge is 2.08. The number of aromatic nitrogens is 1. The fourth-order valence-electron chi connectivity index (χ4n) is 2.51. The molecule has 0 radical (unpaired) electrons. The zero-order valence-electron chi connectivity index (χ0n) is 13.3. The van der Waals surface area contributed by atoms with Crippen LogP contribution in [0.5, 0.6) is 0 Å². The summed E-state index contributed by atoms with van der Waals surface area (Å²) in [6, 6.07) is 14.5. The highest BCUT2D eigenvalue weighted by Crippen LogP contribution is 2.16. The summed E-state index contributed by atoms with van der Waals surface area (Å²) >= 11 is 0. The van der Waals surface area contributed by atoms with Crippen LogP contribution < -0.4 is 5.32 Å². The summed E-state index contributed by atoms with van der Waals surface area (Å²) in [5, 5.41) is 3.91. The first-order valence-corrected chi connectivity index (χ1v) is 7.79. The van der Waals surface area contributed by atoms with Crippen LogP contribution in [0.1, 0.15) is 22.8 Å². The molecule has 1 heterocycles. The topological polar surface area (TPSA) is 71.2 Å². The Morgan fingerprint density at radius 1 is 1.08 bits per heavy atom. The zero-order valence-corrected chi connectivity index (χ0v) is 13.3. The minimum atomic E-state index is -0.366. The molecule has 2 aromatic carbocycles. The first-order valence-electron chi connectivity index (χ1n) is 7.79. The largest absolute Gasteiger partial charge is 0.462 e. The Hall–Kier alpha value is -3.08. The van der Waals surface area contributed by atoms with Crippen molar-refractivity contribution < 1.29 is 14.3 Å². The van der Waals surface area contributed by atoms with Crippen LogP contribution >= 0.6 is 0 Å². The summed E-state index contributed by atoms with van der Waals surface area (Å²) < 4.78 is 4.93. The third-order valence-electron chi connectivity index (χ3n) is 3.66. The van der Waals surface area contributed by atoms with Crippen LogP contribution in [-0.2, 0) is 16.0 Å². The molecule has 0 aliphatic rings. The van der Waals surface area contributed by atoms with E-state index in [0.29, 0.717) is 24.3 Å². The predicted molar refractivity (Wildman–Crippen MR) is 93.0 cm³/mol. The minimum absolute atomic E-state index is 0.103. The van der Waals surface area contributed by atoms with Crippen molar-refractivity contribution in [3.8, 4) is 0 Å². The molecule has 0 fully saturated rings. The second-order valence-corrected chi connectivity index (χ2v) is 5.42. The third-order valence-corrected chi connectivity index (χ3v) is 3.66. The SMILES string of the molecule is CCOC(=O)c1ccc(NC(=O)Cc2ccc3[nH]ccc3c2)cc1. The number of fused-ring (bicyclic) bond motifs is 1. The van der Waals surface area contributed by atoms with E-state index in [9.17, 15) is 9.59 Å². The number of carbonyl (C=O) groups excluding carboxylic acids is 2. The Morgan fingerprint density at radius 2 is 1.88 bits per heavy atom. The van der Waals surface area contributed by atoms with Crippen molar-refractivity contribution in [1.29, 1.82) is 0 Å². The average molecular weight is 322 g/mol. The van der Waals surface area contributed by atoms with Crippen LogP contribution in [0.3, 0.4) is 0 Å². The van der Waals surface area contributed by atoms with Gasteiger partial charge in [0.15, 0.2) is 0 Å². The van der Waals surface area contributed by atoms with E-state index < -0.39 is 0 Å². The van der Waals surface area contributed by atoms with Crippen LogP contribution in [0.2, 0.25) is 0 Å². The number of benzene rings is 2. The molecule has 1 amide bonds. The number of amides is 1. The molecule has 0 bridgehead atoms. The maximum atomic E-state index is 12.2. The molecule has 0 aliphatic heterocycles. The highest BCUT2D eigenvalue weighted by atomic mass is 16.5. The number of rotatable bonds is 5. The number of carbonyl (C=O) groups is 2. The van der Waals surface area contributed by atoms with Gasteiger partial charge in [-0.1, -0.05) is 6.07 Å². The molecule has 122 valence electrons. The van der Waals surface area contributed by atoms with Crippen LogP contribution in [0.25, 0.3) is 10.9 Å². The molecule has 0 spiro atoms. The van der Waals surface area contributed by atoms with Crippen molar-refractivity contribution in [2.45, 2.75) is 13.3 Å². The first-order chi connectivity index (χ1) is 11.7. The van der Waals surface area contributed by atoms with Crippen LogP contribution in [-0.4, -0.2) is 23.5 Å². The lowest BCUT2D eigenvalue weighted by molar-refractivity contribution is -0.115. The van der Waals surface area contributed by atoms with Gasteiger partial charge in [-0.3, -0.25) is 4.79 Å². The van der Waals surface area contributed by atoms with Gasteiger partial charge in [-0.05, 0) is 60.3 Å². The van der Waals surface area contributed by atoms with Gasteiger partial charge in [-0.15, -0.1) is 0 Å². The number of aromatic amines is 1. The molecule has 3 aromatic rings. The Kier molecular flexibility index (Phi) is 4.61. The molecular weight excluding hydrogens is 304 g/mol. The molecule has 5 heteroatoms. The second-order valence-electron chi connectivity index (χ2n) is 5.42. The lowest BCUT2D eigenvalue weighted by Gasteiger charge is -2.07. The van der Waals surface area contributed by atoms with Crippen molar-refractivity contribution in [1.82, 2.24) is 4.98 Å². The van der Waals surface area contributed by atoms with Crippen LogP contribution in [0.4, 0.5) is 5.69 Å². The normalized spacial score (nSPS) is 10.5. The van der Waals surface area contributed by atoms with Gasteiger partial charge in [0.1, 0.15) is 0 Å².